The molecule has 0 saturated carbocycles. The zero-order valence-electron chi connectivity index (χ0n) is 14.4. The molecular formula is C17H32BrN3. The fraction of sp³-hybridized carbons (Fsp3) is 0.824. The number of nitrogens with one attached hydrogen (secondary N) is 1. The number of hydrogen-bond donors (Lipinski definition) is 1. The first-order chi connectivity index (χ1) is 10.1. The van der Waals surface area contributed by atoms with Crippen molar-refractivity contribution >= 4 is 15.9 Å². The van der Waals surface area contributed by atoms with E-state index < -0.39 is 0 Å². The van der Waals surface area contributed by atoms with E-state index in [4.69, 9.17) is 5.10 Å². The lowest BCUT2D eigenvalue weighted by Gasteiger charge is -2.27. The first-order valence-electron chi connectivity index (χ1n) is 8.60. The third-order valence-corrected chi connectivity index (χ3v) is 5.30. The van der Waals surface area contributed by atoms with Crippen molar-refractivity contribution in [1.29, 1.82) is 0 Å². The Bertz CT molecular complexity index is 410. The third-order valence-electron chi connectivity index (χ3n) is 4.38. The Morgan fingerprint density at radius 2 is 1.81 bits per heavy atom. The van der Waals surface area contributed by atoms with E-state index in [1.807, 2.05) is 0 Å². The summed E-state index contributed by atoms with van der Waals surface area (Å²) in [6.45, 7) is 13.2. The summed E-state index contributed by atoms with van der Waals surface area (Å²) in [4.78, 5) is 0. The van der Waals surface area contributed by atoms with Gasteiger partial charge in [-0.25, -0.2) is 0 Å². The highest BCUT2D eigenvalue weighted by Crippen LogP contribution is 2.26. The summed E-state index contributed by atoms with van der Waals surface area (Å²) < 4.78 is 3.40. The molecule has 1 atom stereocenters. The number of rotatable bonds is 10. The molecule has 1 rings (SSSR count). The van der Waals surface area contributed by atoms with Crippen LogP contribution in [-0.4, -0.2) is 22.4 Å². The second-order valence-corrected chi connectivity index (χ2v) is 6.51. The molecule has 3 nitrogen and oxygen atoms in total. The molecule has 0 fully saturated rings. The number of aryl methyl sites for hydroxylation is 2. The van der Waals surface area contributed by atoms with Gasteiger partial charge in [0.15, 0.2) is 0 Å². The maximum atomic E-state index is 4.73. The van der Waals surface area contributed by atoms with Gasteiger partial charge in [-0.3, -0.25) is 4.68 Å². The fourth-order valence-electron chi connectivity index (χ4n) is 3.01. The van der Waals surface area contributed by atoms with Crippen molar-refractivity contribution in [2.24, 2.45) is 5.92 Å². The van der Waals surface area contributed by atoms with Crippen LogP contribution in [0, 0.1) is 5.92 Å². The van der Waals surface area contributed by atoms with Gasteiger partial charge in [-0.05, 0) is 48.2 Å². The van der Waals surface area contributed by atoms with Crippen molar-refractivity contribution in [2.45, 2.75) is 79.3 Å². The highest BCUT2D eigenvalue weighted by molar-refractivity contribution is 9.10. The van der Waals surface area contributed by atoms with Crippen LogP contribution < -0.4 is 5.32 Å². The summed E-state index contributed by atoms with van der Waals surface area (Å²) in [5.74, 6) is 0.730. The van der Waals surface area contributed by atoms with Crippen LogP contribution >= 0.6 is 15.9 Å². The molecule has 1 aromatic heterocycles. The lowest BCUT2D eigenvalue weighted by atomic mass is 9.90. The van der Waals surface area contributed by atoms with E-state index in [1.54, 1.807) is 0 Å². The monoisotopic (exact) mass is 357 g/mol. The van der Waals surface area contributed by atoms with Gasteiger partial charge in [0.1, 0.15) is 0 Å². The van der Waals surface area contributed by atoms with Crippen LogP contribution in [0.2, 0.25) is 0 Å². The quantitative estimate of drug-likeness (QED) is 0.664. The average Bonchev–Trinajstić information content (AvgIpc) is 2.81. The van der Waals surface area contributed by atoms with E-state index >= 15 is 0 Å². The molecule has 0 aromatic carbocycles. The molecule has 122 valence electrons. The Morgan fingerprint density at radius 3 is 2.29 bits per heavy atom. The molecule has 1 heterocycles. The molecule has 1 aromatic rings. The van der Waals surface area contributed by atoms with Crippen LogP contribution in [0.15, 0.2) is 4.47 Å². The number of hydrogen-bond acceptors (Lipinski definition) is 2. The third kappa shape index (κ3) is 4.82. The minimum Gasteiger partial charge on any atom is -0.313 e. The maximum Gasteiger partial charge on any atom is 0.0766 e. The summed E-state index contributed by atoms with van der Waals surface area (Å²) >= 11 is 3.78. The minimum absolute atomic E-state index is 0.544. The van der Waals surface area contributed by atoms with Crippen LogP contribution in [-0.2, 0) is 19.4 Å². The van der Waals surface area contributed by atoms with Crippen LogP contribution in [0.3, 0.4) is 0 Å². The van der Waals surface area contributed by atoms with Crippen molar-refractivity contribution in [3.63, 3.8) is 0 Å². The Labute approximate surface area is 139 Å². The smallest absolute Gasteiger partial charge is 0.0766 e. The van der Waals surface area contributed by atoms with E-state index in [0.29, 0.717) is 6.04 Å². The molecule has 0 saturated heterocycles. The number of halogens is 1. The lowest BCUT2D eigenvalue weighted by molar-refractivity contribution is 0.326. The van der Waals surface area contributed by atoms with Crippen molar-refractivity contribution in [3.05, 3.63) is 15.9 Å². The molecule has 0 amide bonds. The normalized spacial score (nSPS) is 13.1. The van der Waals surface area contributed by atoms with Crippen LogP contribution in [0.4, 0.5) is 0 Å². The Balaban J connectivity index is 2.98. The first kappa shape index (κ1) is 18.7. The largest absolute Gasteiger partial charge is 0.313 e. The van der Waals surface area contributed by atoms with E-state index in [0.717, 1.165) is 31.8 Å². The zero-order chi connectivity index (χ0) is 15.8. The molecular weight excluding hydrogens is 326 g/mol. The van der Waals surface area contributed by atoms with E-state index in [-0.39, 0.29) is 0 Å². The Hall–Kier alpha value is -0.350. The number of nitrogens with zero attached hydrogens (tertiary/aromatic N) is 2. The first-order valence-corrected chi connectivity index (χ1v) is 9.39. The lowest BCUT2D eigenvalue weighted by Crippen LogP contribution is -2.38. The van der Waals surface area contributed by atoms with Gasteiger partial charge in [-0.1, -0.05) is 40.5 Å². The molecule has 0 aliphatic rings. The molecule has 0 aliphatic heterocycles. The zero-order valence-corrected chi connectivity index (χ0v) is 16.0. The average molecular weight is 358 g/mol. The highest BCUT2D eigenvalue weighted by atomic mass is 79.9. The SMILES string of the molecule is CCCNC(Cc1c(Br)c(CC)nn1CC)C(CC)CC. The van der Waals surface area contributed by atoms with Gasteiger partial charge >= 0.3 is 0 Å². The van der Waals surface area contributed by atoms with E-state index in [1.165, 1.54) is 35.1 Å². The van der Waals surface area contributed by atoms with Gasteiger partial charge in [-0.15, -0.1) is 0 Å². The van der Waals surface area contributed by atoms with Crippen molar-refractivity contribution in [1.82, 2.24) is 15.1 Å². The fourth-order valence-corrected chi connectivity index (χ4v) is 3.74. The van der Waals surface area contributed by atoms with E-state index in [9.17, 15) is 0 Å². The van der Waals surface area contributed by atoms with Crippen LogP contribution in [0.25, 0.3) is 0 Å². The van der Waals surface area contributed by atoms with E-state index in [2.05, 4.69) is 60.5 Å². The summed E-state index contributed by atoms with van der Waals surface area (Å²) in [7, 11) is 0. The molecule has 0 bridgehead atoms. The standard InChI is InChI=1S/C17H32BrN3/c1-6-11-19-15(13(7-2)8-3)12-16-17(18)14(9-4)20-21(16)10-5/h13,15,19H,6-12H2,1-5H3. The Kier molecular flexibility index (Phi) is 8.57. The van der Waals surface area contributed by atoms with Gasteiger partial charge in [0.25, 0.3) is 0 Å². The van der Waals surface area contributed by atoms with Crippen LogP contribution in [0.1, 0.15) is 65.3 Å². The maximum absolute atomic E-state index is 4.73. The molecule has 1 unspecified atom stereocenters. The van der Waals surface area contributed by atoms with Crippen molar-refractivity contribution in [2.75, 3.05) is 6.54 Å². The van der Waals surface area contributed by atoms with Crippen molar-refractivity contribution < 1.29 is 0 Å². The molecule has 0 aliphatic carbocycles. The molecule has 4 heteroatoms. The van der Waals surface area contributed by atoms with Gasteiger partial charge in [0.05, 0.1) is 15.9 Å². The molecule has 0 radical (unpaired) electrons. The number of aromatic nitrogens is 2. The van der Waals surface area contributed by atoms with Gasteiger partial charge in [0, 0.05) is 19.0 Å². The topological polar surface area (TPSA) is 29.9 Å². The molecule has 1 N–H and O–H groups in total. The van der Waals surface area contributed by atoms with Crippen LogP contribution in [0.5, 0.6) is 0 Å². The summed E-state index contributed by atoms with van der Waals surface area (Å²) in [6.07, 6.45) is 5.70. The Morgan fingerprint density at radius 1 is 1.14 bits per heavy atom. The molecule has 21 heavy (non-hydrogen) atoms. The van der Waals surface area contributed by atoms with Gasteiger partial charge in [-0.2, -0.15) is 5.10 Å². The van der Waals surface area contributed by atoms with Gasteiger partial charge < -0.3 is 5.32 Å². The second-order valence-electron chi connectivity index (χ2n) is 5.72. The molecule has 0 spiro atoms. The summed E-state index contributed by atoms with van der Waals surface area (Å²) in [5.41, 5.74) is 2.54. The minimum atomic E-state index is 0.544. The summed E-state index contributed by atoms with van der Waals surface area (Å²) in [6, 6.07) is 0.544. The highest BCUT2D eigenvalue weighted by Gasteiger charge is 2.23. The predicted octanol–water partition coefficient (Wildman–Crippen LogP) is 4.57. The van der Waals surface area contributed by atoms with Gasteiger partial charge in [0.2, 0.25) is 0 Å². The summed E-state index contributed by atoms with van der Waals surface area (Å²) in [5, 5.41) is 8.50. The predicted molar refractivity (Wildman–Crippen MR) is 94.8 cm³/mol. The van der Waals surface area contributed by atoms with Crippen molar-refractivity contribution in [3.8, 4) is 0 Å². The second kappa shape index (κ2) is 9.62.